The molecule has 0 atom stereocenters. The Balaban J connectivity index is 1.44. The van der Waals surface area contributed by atoms with Crippen LogP contribution in [0, 0.1) is 0 Å². The Morgan fingerprint density at radius 3 is 2.00 bits per heavy atom. The van der Waals surface area contributed by atoms with Crippen LogP contribution in [0.5, 0.6) is 0 Å². The summed E-state index contributed by atoms with van der Waals surface area (Å²) in [5.74, 6) is 0. The molecule has 0 bridgehead atoms. The van der Waals surface area contributed by atoms with E-state index in [9.17, 15) is 0 Å². The van der Waals surface area contributed by atoms with Gasteiger partial charge in [0.25, 0.3) is 0 Å². The summed E-state index contributed by atoms with van der Waals surface area (Å²) in [6.07, 6.45) is 5.77. The molecule has 0 amide bonds. The maximum absolute atomic E-state index is 6.11. The monoisotopic (exact) mass is 423 g/mol. The summed E-state index contributed by atoms with van der Waals surface area (Å²) in [6.45, 7) is 0.595. The second-order valence-electron chi connectivity index (χ2n) is 9.37. The summed E-state index contributed by atoms with van der Waals surface area (Å²) in [4.78, 5) is 0. The third-order valence-electron chi connectivity index (χ3n) is 7.64. The van der Waals surface area contributed by atoms with Crippen LogP contribution in [0.2, 0.25) is 0 Å². The van der Waals surface area contributed by atoms with E-state index in [1.807, 2.05) is 0 Å². The van der Waals surface area contributed by atoms with Gasteiger partial charge in [0.05, 0.1) is 0 Å². The van der Waals surface area contributed by atoms with Crippen molar-refractivity contribution in [3.05, 3.63) is 119 Å². The second kappa shape index (κ2) is 7.16. The maximum Gasteiger partial charge on any atom is 0.0184 e. The first-order valence-corrected chi connectivity index (χ1v) is 11.9. The van der Waals surface area contributed by atoms with E-state index >= 15 is 0 Å². The molecular weight excluding hydrogens is 398 g/mol. The van der Waals surface area contributed by atoms with Crippen LogP contribution >= 0.6 is 0 Å². The summed E-state index contributed by atoms with van der Waals surface area (Å²) in [5, 5.41) is 8.01. The van der Waals surface area contributed by atoms with Crippen molar-refractivity contribution in [2.75, 3.05) is 0 Å². The van der Waals surface area contributed by atoms with Crippen molar-refractivity contribution in [3.63, 3.8) is 0 Å². The average Bonchev–Trinajstić information content (AvgIpc) is 3.27. The number of nitrogens with two attached hydrogens (primary N) is 1. The number of fused-ring (bicyclic) bond motifs is 8. The molecule has 0 aliphatic heterocycles. The molecule has 1 heteroatoms. The van der Waals surface area contributed by atoms with Crippen molar-refractivity contribution in [1.29, 1.82) is 0 Å². The van der Waals surface area contributed by atoms with Gasteiger partial charge in [0.2, 0.25) is 0 Å². The number of allylic oxidation sites excluding steroid dienone is 4. The highest BCUT2D eigenvalue weighted by molar-refractivity contribution is 6.25. The van der Waals surface area contributed by atoms with Crippen LogP contribution in [-0.2, 0) is 13.0 Å². The van der Waals surface area contributed by atoms with E-state index < -0.39 is 0 Å². The average molecular weight is 424 g/mol. The molecular formula is C32H25N. The molecule has 158 valence electrons. The lowest BCUT2D eigenvalue weighted by atomic mass is 9.86. The molecule has 5 aromatic carbocycles. The van der Waals surface area contributed by atoms with E-state index in [2.05, 4.69) is 91.0 Å². The zero-order chi connectivity index (χ0) is 21.9. The number of benzene rings is 5. The van der Waals surface area contributed by atoms with Gasteiger partial charge in [-0.05, 0) is 91.0 Å². The van der Waals surface area contributed by atoms with Gasteiger partial charge in [-0.1, -0.05) is 90.5 Å². The van der Waals surface area contributed by atoms with Crippen LogP contribution in [0.1, 0.15) is 35.1 Å². The summed E-state index contributed by atoms with van der Waals surface area (Å²) < 4.78 is 0. The third kappa shape index (κ3) is 2.76. The van der Waals surface area contributed by atoms with Crippen LogP contribution in [0.15, 0.2) is 96.6 Å². The van der Waals surface area contributed by atoms with E-state index in [0.29, 0.717) is 6.54 Å². The van der Waals surface area contributed by atoms with Crippen LogP contribution in [0.25, 0.3) is 43.5 Å². The van der Waals surface area contributed by atoms with Crippen LogP contribution in [0.4, 0.5) is 0 Å². The zero-order valence-corrected chi connectivity index (χ0v) is 18.6. The minimum absolute atomic E-state index is 0.595. The molecule has 7 rings (SSSR count). The van der Waals surface area contributed by atoms with E-state index in [1.54, 1.807) is 5.57 Å². The molecule has 1 nitrogen and oxygen atoms in total. The number of hydrogen-bond acceptors (Lipinski definition) is 1. The van der Waals surface area contributed by atoms with Crippen molar-refractivity contribution in [1.82, 2.24) is 0 Å². The Bertz CT molecular complexity index is 1630. The van der Waals surface area contributed by atoms with Gasteiger partial charge in [-0.25, -0.2) is 0 Å². The SMILES string of the molecule is NCc1cccc2c1C1=C(CCC(c3ccc4c5ccccc5c5ccccc5c4c3)=C1)C2. The smallest absolute Gasteiger partial charge is 0.0184 e. The van der Waals surface area contributed by atoms with Gasteiger partial charge in [-0.15, -0.1) is 0 Å². The topological polar surface area (TPSA) is 26.0 Å². The number of hydrogen-bond donors (Lipinski definition) is 1. The highest BCUT2D eigenvalue weighted by atomic mass is 14.5. The highest BCUT2D eigenvalue weighted by Crippen LogP contribution is 2.45. The predicted octanol–water partition coefficient (Wildman–Crippen LogP) is 7.79. The second-order valence-corrected chi connectivity index (χ2v) is 9.37. The first-order valence-electron chi connectivity index (χ1n) is 11.9. The lowest BCUT2D eigenvalue weighted by Gasteiger charge is -2.18. The normalized spacial score (nSPS) is 15.2. The van der Waals surface area contributed by atoms with Crippen LogP contribution in [0.3, 0.4) is 0 Å². The minimum atomic E-state index is 0.595. The predicted molar refractivity (Wildman–Crippen MR) is 141 cm³/mol. The standard InChI is InChI=1S/C32H25N/c33-19-24-7-5-6-23-16-22-13-12-20(17-30(22)32(23)24)21-14-15-29-27-10-2-1-8-25(27)26-9-3-4-11-28(26)31(29)18-21/h1-11,14-15,17-18H,12-13,16,19,33H2. The molecule has 0 spiro atoms. The van der Waals surface area contributed by atoms with Crippen molar-refractivity contribution >= 4 is 43.5 Å². The molecule has 2 aliphatic carbocycles. The molecule has 0 fully saturated rings. The summed E-state index contributed by atoms with van der Waals surface area (Å²) in [7, 11) is 0. The lowest BCUT2D eigenvalue weighted by Crippen LogP contribution is -2.02. The molecule has 5 aromatic rings. The summed E-state index contributed by atoms with van der Waals surface area (Å²) in [5.41, 5.74) is 16.0. The van der Waals surface area contributed by atoms with E-state index in [-0.39, 0.29) is 0 Å². The van der Waals surface area contributed by atoms with E-state index in [1.165, 1.54) is 65.7 Å². The molecule has 2 N–H and O–H groups in total. The van der Waals surface area contributed by atoms with Crippen molar-refractivity contribution in [3.8, 4) is 0 Å². The van der Waals surface area contributed by atoms with Gasteiger partial charge in [-0.2, -0.15) is 0 Å². The van der Waals surface area contributed by atoms with E-state index in [4.69, 9.17) is 5.73 Å². The fourth-order valence-electron chi connectivity index (χ4n) is 6.08. The van der Waals surface area contributed by atoms with Crippen molar-refractivity contribution < 1.29 is 0 Å². The van der Waals surface area contributed by atoms with Crippen LogP contribution in [-0.4, -0.2) is 0 Å². The lowest BCUT2D eigenvalue weighted by molar-refractivity contribution is 0.948. The molecule has 0 saturated heterocycles. The first kappa shape index (κ1) is 18.8. The Kier molecular flexibility index (Phi) is 4.09. The van der Waals surface area contributed by atoms with Crippen molar-refractivity contribution in [2.45, 2.75) is 25.8 Å². The third-order valence-corrected chi connectivity index (χ3v) is 7.64. The molecule has 33 heavy (non-hydrogen) atoms. The molecule has 0 saturated carbocycles. The van der Waals surface area contributed by atoms with E-state index in [0.717, 1.165) is 19.3 Å². The van der Waals surface area contributed by atoms with Gasteiger partial charge in [0, 0.05) is 6.54 Å². The Hall–Kier alpha value is -3.68. The molecule has 0 unspecified atom stereocenters. The van der Waals surface area contributed by atoms with Gasteiger partial charge in [0.1, 0.15) is 0 Å². The molecule has 0 radical (unpaired) electrons. The van der Waals surface area contributed by atoms with Gasteiger partial charge in [0.15, 0.2) is 0 Å². The molecule has 0 heterocycles. The Morgan fingerprint density at radius 1 is 0.636 bits per heavy atom. The Morgan fingerprint density at radius 2 is 1.30 bits per heavy atom. The van der Waals surface area contributed by atoms with Gasteiger partial charge < -0.3 is 5.73 Å². The minimum Gasteiger partial charge on any atom is -0.326 e. The first-order chi connectivity index (χ1) is 16.3. The van der Waals surface area contributed by atoms with Crippen molar-refractivity contribution in [2.24, 2.45) is 5.73 Å². The quantitative estimate of drug-likeness (QED) is 0.288. The molecule has 2 aliphatic rings. The largest absolute Gasteiger partial charge is 0.326 e. The fourth-order valence-corrected chi connectivity index (χ4v) is 6.08. The van der Waals surface area contributed by atoms with Gasteiger partial charge >= 0.3 is 0 Å². The fraction of sp³-hybridized carbons (Fsp3) is 0.125. The Labute approximate surface area is 193 Å². The van der Waals surface area contributed by atoms with Crippen LogP contribution < -0.4 is 5.73 Å². The summed E-state index contributed by atoms with van der Waals surface area (Å²) >= 11 is 0. The zero-order valence-electron chi connectivity index (χ0n) is 18.6. The summed E-state index contributed by atoms with van der Waals surface area (Å²) in [6, 6.07) is 31.3. The molecule has 0 aromatic heterocycles. The van der Waals surface area contributed by atoms with Gasteiger partial charge in [-0.3, -0.25) is 0 Å². The highest BCUT2D eigenvalue weighted by Gasteiger charge is 2.26. The number of rotatable bonds is 2. The maximum atomic E-state index is 6.11.